The highest BCUT2D eigenvalue weighted by Gasteiger charge is 2.33. The van der Waals surface area contributed by atoms with Crippen molar-refractivity contribution in [2.45, 2.75) is 63.3 Å². The topological polar surface area (TPSA) is 74.8 Å². The molecular weight excluding hydrogens is 338 g/mol. The van der Waals surface area contributed by atoms with E-state index in [1.165, 1.54) is 25.7 Å². The van der Waals surface area contributed by atoms with Crippen LogP contribution < -0.4 is 10.9 Å². The molecule has 5 nitrogen and oxygen atoms in total. The van der Waals surface area contributed by atoms with Gasteiger partial charge in [-0.2, -0.15) is 0 Å². The van der Waals surface area contributed by atoms with Gasteiger partial charge in [0.1, 0.15) is 5.82 Å². The predicted octanol–water partition coefficient (Wildman–Crippen LogP) is 3.81. The number of carbonyl (C=O) groups is 1. The van der Waals surface area contributed by atoms with E-state index in [-0.39, 0.29) is 29.3 Å². The summed E-state index contributed by atoms with van der Waals surface area (Å²) < 4.78 is 0. The maximum Gasteiger partial charge on any atom is 0.258 e. The molecule has 0 aliphatic heterocycles. The molecule has 0 bridgehead atoms. The molecule has 2 aromatic rings. The Balaban J connectivity index is 1.58. The normalized spacial score (nSPS) is 23.9. The number of para-hydroxylation sites is 1. The molecule has 1 saturated carbocycles. The Hall–Kier alpha value is -2.43. The van der Waals surface area contributed by atoms with Crippen LogP contribution in [-0.2, 0) is 4.79 Å². The lowest BCUT2D eigenvalue weighted by Crippen LogP contribution is -2.41. The van der Waals surface area contributed by atoms with Gasteiger partial charge in [0, 0.05) is 12.0 Å². The SMILES string of the molecule is O=C(NC1CCCCCC1)[C@@H]1CC=CC[C@@H]1c1nc2ccccc2c(=O)[nH]1. The van der Waals surface area contributed by atoms with Crippen molar-refractivity contribution < 1.29 is 4.79 Å². The first-order chi connectivity index (χ1) is 13.2. The van der Waals surface area contributed by atoms with Gasteiger partial charge in [-0.05, 0) is 37.8 Å². The van der Waals surface area contributed by atoms with Gasteiger partial charge < -0.3 is 10.3 Å². The number of aromatic nitrogens is 2. The van der Waals surface area contributed by atoms with Gasteiger partial charge in [-0.25, -0.2) is 4.98 Å². The zero-order chi connectivity index (χ0) is 18.6. The highest BCUT2D eigenvalue weighted by Crippen LogP contribution is 2.33. The average molecular weight is 365 g/mol. The summed E-state index contributed by atoms with van der Waals surface area (Å²) in [5.74, 6) is 0.469. The Morgan fingerprint density at radius 3 is 2.59 bits per heavy atom. The summed E-state index contributed by atoms with van der Waals surface area (Å²) in [5.41, 5.74) is 0.557. The lowest BCUT2D eigenvalue weighted by atomic mass is 9.81. The molecule has 2 N–H and O–H groups in total. The van der Waals surface area contributed by atoms with Gasteiger partial charge in [0.2, 0.25) is 5.91 Å². The molecule has 1 fully saturated rings. The van der Waals surface area contributed by atoms with Gasteiger partial charge in [-0.1, -0.05) is 50.0 Å². The number of hydrogen-bond acceptors (Lipinski definition) is 3. The maximum atomic E-state index is 13.0. The Kier molecular flexibility index (Phi) is 5.37. The quantitative estimate of drug-likeness (QED) is 0.641. The molecular formula is C22H27N3O2. The minimum atomic E-state index is -0.178. The molecule has 1 amide bonds. The van der Waals surface area contributed by atoms with Crippen LogP contribution >= 0.6 is 0 Å². The van der Waals surface area contributed by atoms with Crippen LogP contribution in [0.1, 0.15) is 63.1 Å². The van der Waals surface area contributed by atoms with Crippen LogP contribution in [0.5, 0.6) is 0 Å². The average Bonchev–Trinajstić information content (AvgIpc) is 2.96. The van der Waals surface area contributed by atoms with E-state index in [4.69, 9.17) is 0 Å². The van der Waals surface area contributed by atoms with E-state index >= 15 is 0 Å². The third-order valence-electron chi connectivity index (χ3n) is 5.95. The van der Waals surface area contributed by atoms with Gasteiger partial charge in [0.25, 0.3) is 5.56 Å². The lowest BCUT2D eigenvalue weighted by molar-refractivity contribution is -0.126. The zero-order valence-electron chi connectivity index (χ0n) is 15.6. The standard InChI is InChI=1S/C22H27N3O2/c26-21(23-15-9-3-1-2-4-10-15)17-12-6-5-11-16(17)20-24-19-14-8-7-13-18(19)22(27)25-20/h5-8,13-17H,1-4,9-12H2,(H,23,26)(H,24,25,27)/t16-,17+/m0/s1. The molecule has 4 rings (SSSR count). The zero-order valence-corrected chi connectivity index (χ0v) is 15.6. The smallest absolute Gasteiger partial charge is 0.258 e. The summed E-state index contributed by atoms with van der Waals surface area (Å²) >= 11 is 0. The van der Waals surface area contributed by atoms with E-state index in [1.54, 1.807) is 6.07 Å². The molecule has 0 unspecified atom stereocenters. The van der Waals surface area contributed by atoms with E-state index in [0.29, 0.717) is 23.1 Å². The molecule has 0 saturated heterocycles. The molecule has 142 valence electrons. The monoisotopic (exact) mass is 365 g/mol. The highest BCUT2D eigenvalue weighted by atomic mass is 16.2. The number of amides is 1. The molecule has 2 aliphatic rings. The van der Waals surface area contributed by atoms with Gasteiger partial charge in [0.15, 0.2) is 0 Å². The number of H-pyrrole nitrogens is 1. The number of nitrogens with zero attached hydrogens (tertiary/aromatic N) is 1. The van der Waals surface area contributed by atoms with Crippen molar-refractivity contribution in [3.05, 3.63) is 52.6 Å². The number of nitrogens with one attached hydrogen (secondary N) is 2. The number of rotatable bonds is 3. The number of fused-ring (bicyclic) bond motifs is 1. The Morgan fingerprint density at radius 2 is 1.78 bits per heavy atom. The number of aromatic amines is 1. The summed E-state index contributed by atoms with van der Waals surface area (Å²) in [6.07, 6.45) is 12.7. The number of allylic oxidation sites excluding steroid dienone is 2. The molecule has 2 aliphatic carbocycles. The van der Waals surface area contributed by atoms with Crippen LogP contribution in [-0.4, -0.2) is 21.9 Å². The second-order valence-corrected chi connectivity index (χ2v) is 7.82. The van der Waals surface area contributed by atoms with Crippen molar-refractivity contribution in [3.8, 4) is 0 Å². The van der Waals surface area contributed by atoms with Crippen LogP contribution in [0, 0.1) is 5.92 Å². The molecule has 0 radical (unpaired) electrons. The van der Waals surface area contributed by atoms with Crippen molar-refractivity contribution >= 4 is 16.8 Å². The number of carbonyl (C=O) groups excluding carboxylic acids is 1. The predicted molar refractivity (Wildman–Crippen MR) is 107 cm³/mol. The summed E-state index contributed by atoms with van der Waals surface area (Å²) in [4.78, 5) is 33.1. The fourth-order valence-corrected chi connectivity index (χ4v) is 4.42. The number of benzene rings is 1. The van der Waals surface area contributed by atoms with E-state index < -0.39 is 0 Å². The summed E-state index contributed by atoms with van der Waals surface area (Å²) in [7, 11) is 0. The van der Waals surface area contributed by atoms with Crippen LogP contribution in [0.3, 0.4) is 0 Å². The van der Waals surface area contributed by atoms with Crippen LogP contribution in [0.25, 0.3) is 10.9 Å². The van der Waals surface area contributed by atoms with Gasteiger partial charge in [-0.15, -0.1) is 0 Å². The maximum absolute atomic E-state index is 13.0. The van der Waals surface area contributed by atoms with Crippen LogP contribution in [0.15, 0.2) is 41.2 Å². The van der Waals surface area contributed by atoms with E-state index in [0.717, 1.165) is 19.3 Å². The molecule has 1 heterocycles. The van der Waals surface area contributed by atoms with E-state index in [9.17, 15) is 9.59 Å². The summed E-state index contributed by atoms with van der Waals surface area (Å²) in [5, 5.41) is 3.88. The highest BCUT2D eigenvalue weighted by molar-refractivity contribution is 5.81. The van der Waals surface area contributed by atoms with E-state index in [1.807, 2.05) is 18.2 Å². The lowest BCUT2D eigenvalue weighted by Gasteiger charge is -2.29. The van der Waals surface area contributed by atoms with Gasteiger partial charge in [0.05, 0.1) is 16.8 Å². The summed E-state index contributed by atoms with van der Waals surface area (Å²) in [6, 6.07) is 7.64. The molecule has 1 aromatic heterocycles. The minimum absolute atomic E-state index is 0.0851. The van der Waals surface area contributed by atoms with Crippen molar-refractivity contribution in [2.75, 3.05) is 0 Å². The molecule has 0 spiro atoms. The molecule has 1 aromatic carbocycles. The first kappa shape index (κ1) is 18.0. The van der Waals surface area contributed by atoms with Crippen LogP contribution in [0.2, 0.25) is 0 Å². The third-order valence-corrected chi connectivity index (χ3v) is 5.95. The van der Waals surface area contributed by atoms with Crippen molar-refractivity contribution in [2.24, 2.45) is 5.92 Å². The fourth-order valence-electron chi connectivity index (χ4n) is 4.42. The molecule has 27 heavy (non-hydrogen) atoms. The minimum Gasteiger partial charge on any atom is -0.353 e. The van der Waals surface area contributed by atoms with Crippen molar-refractivity contribution in [1.82, 2.24) is 15.3 Å². The fraction of sp³-hybridized carbons (Fsp3) is 0.500. The Bertz CT molecular complexity index is 894. The van der Waals surface area contributed by atoms with Crippen molar-refractivity contribution in [1.29, 1.82) is 0 Å². The van der Waals surface area contributed by atoms with Gasteiger partial charge >= 0.3 is 0 Å². The third kappa shape index (κ3) is 3.97. The Labute approximate surface area is 159 Å². The molecule has 2 atom stereocenters. The van der Waals surface area contributed by atoms with Crippen LogP contribution in [0.4, 0.5) is 0 Å². The van der Waals surface area contributed by atoms with Gasteiger partial charge in [-0.3, -0.25) is 9.59 Å². The first-order valence-corrected chi connectivity index (χ1v) is 10.2. The first-order valence-electron chi connectivity index (χ1n) is 10.2. The Morgan fingerprint density at radius 1 is 1.04 bits per heavy atom. The largest absolute Gasteiger partial charge is 0.353 e. The second-order valence-electron chi connectivity index (χ2n) is 7.82. The molecule has 5 heteroatoms. The summed E-state index contributed by atoms with van der Waals surface area (Å²) in [6.45, 7) is 0. The van der Waals surface area contributed by atoms with Crippen molar-refractivity contribution in [3.63, 3.8) is 0 Å². The second kappa shape index (κ2) is 8.07. The number of hydrogen-bond donors (Lipinski definition) is 2. The van der Waals surface area contributed by atoms with E-state index in [2.05, 4.69) is 27.4 Å².